The Morgan fingerprint density at radius 1 is 0.957 bits per heavy atom. The smallest absolute Gasteiger partial charge is 0.166 e. The Labute approximate surface area is 145 Å². The Morgan fingerprint density at radius 2 is 1.70 bits per heavy atom. The van der Waals surface area contributed by atoms with Crippen LogP contribution in [0.25, 0.3) is 0 Å². The highest BCUT2D eigenvalue weighted by atomic mass is 32.1. The van der Waals surface area contributed by atoms with Crippen LogP contribution in [0.1, 0.15) is 34.7 Å². The van der Waals surface area contributed by atoms with E-state index in [0.29, 0.717) is 0 Å². The molecule has 0 aliphatic carbocycles. The second-order valence-electron chi connectivity index (χ2n) is 5.91. The van der Waals surface area contributed by atoms with Gasteiger partial charge in [0.05, 0.1) is 0 Å². The number of nitrogens with one attached hydrogen (secondary N) is 2. The van der Waals surface area contributed by atoms with Gasteiger partial charge in [-0.05, 0) is 61.2 Å². The third-order valence-electron chi connectivity index (χ3n) is 4.12. The van der Waals surface area contributed by atoms with Crippen molar-refractivity contribution in [1.29, 1.82) is 0 Å². The van der Waals surface area contributed by atoms with Crippen LogP contribution in [-0.4, -0.2) is 11.7 Å². The van der Waals surface area contributed by atoms with Crippen LogP contribution in [0.15, 0.2) is 42.5 Å². The van der Waals surface area contributed by atoms with Crippen molar-refractivity contribution < 1.29 is 0 Å². The molecule has 0 radical (unpaired) electrons. The highest BCUT2D eigenvalue weighted by Gasteiger charge is 2.02. The zero-order chi connectivity index (χ0) is 16.7. The lowest BCUT2D eigenvalue weighted by Crippen LogP contribution is -2.36. The molecule has 2 N–H and O–H groups in total. The molecule has 0 spiro atoms. The van der Waals surface area contributed by atoms with E-state index in [4.69, 9.17) is 12.2 Å². The van der Waals surface area contributed by atoms with Crippen LogP contribution < -0.4 is 10.6 Å². The Hall–Kier alpha value is -1.87. The van der Waals surface area contributed by atoms with Gasteiger partial charge in [-0.3, -0.25) is 0 Å². The molecule has 0 amide bonds. The van der Waals surface area contributed by atoms with E-state index in [1.54, 1.807) is 0 Å². The fourth-order valence-corrected chi connectivity index (χ4v) is 2.92. The zero-order valence-electron chi connectivity index (χ0n) is 14.3. The van der Waals surface area contributed by atoms with Crippen LogP contribution in [0.3, 0.4) is 0 Å². The van der Waals surface area contributed by atoms with Crippen molar-refractivity contribution in [1.82, 2.24) is 10.6 Å². The SMILES string of the molecule is CCc1ccccc1CNC(=S)NCCc1ccc(C)cc1C. The summed E-state index contributed by atoms with van der Waals surface area (Å²) in [5, 5.41) is 7.33. The van der Waals surface area contributed by atoms with Gasteiger partial charge in [-0.25, -0.2) is 0 Å². The summed E-state index contributed by atoms with van der Waals surface area (Å²) in [4.78, 5) is 0. The number of thiocarbonyl (C=S) groups is 1. The van der Waals surface area contributed by atoms with Crippen LogP contribution in [0.4, 0.5) is 0 Å². The van der Waals surface area contributed by atoms with Gasteiger partial charge in [0.1, 0.15) is 0 Å². The summed E-state index contributed by atoms with van der Waals surface area (Å²) in [6, 6.07) is 15.1. The van der Waals surface area contributed by atoms with Crippen LogP contribution in [0.5, 0.6) is 0 Å². The lowest BCUT2D eigenvalue weighted by molar-refractivity contribution is 0.807. The minimum Gasteiger partial charge on any atom is -0.362 e. The number of hydrogen-bond acceptors (Lipinski definition) is 1. The first-order valence-electron chi connectivity index (χ1n) is 8.24. The van der Waals surface area contributed by atoms with E-state index in [-0.39, 0.29) is 0 Å². The van der Waals surface area contributed by atoms with E-state index in [9.17, 15) is 0 Å². The molecule has 0 fully saturated rings. The second kappa shape index (κ2) is 8.68. The second-order valence-corrected chi connectivity index (χ2v) is 6.32. The molecule has 0 saturated heterocycles. The monoisotopic (exact) mass is 326 g/mol. The molecule has 0 heterocycles. The van der Waals surface area contributed by atoms with Crippen molar-refractivity contribution >= 4 is 17.3 Å². The maximum atomic E-state index is 5.38. The van der Waals surface area contributed by atoms with Gasteiger partial charge in [-0.1, -0.05) is 55.0 Å². The average Bonchev–Trinajstić information content (AvgIpc) is 2.55. The molecule has 2 rings (SSSR count). The quantitative estimate of drug-likeness (QED) is 0.783. The minimum absolute atomic E-state index is 0.723. The normalized spacial score (nSPS) is 10.4. The lowest BCUT2D eigenvalue weighted by Gasteiger charge is -2.13. The first-order chi connectivity index (χ1) is 11.1. The number of hydrogen-bond donors (Lipinski definition) is 2. The third-order valence-corrected chi connectivity index (χ3v) is 4.41. The van der Waals surface area contributed by atoms with E-state index >= 15 is 0 Å². The minimum atomic E-state index is 0.723. The van der Waals surface area contributed by atoms with Crippen LogP contribution >= 0.6 is 12.2 Å². The Kier molecular flexibility index (Phi) is 6.60. The summed E-state index contributed by atoms with van der Waals surface area (Å²) in [6.07, 6.45) is 2.03. The van der Waals surface area contributed by atoms with Crippen molar-refractivity contribution in [3.63, 3.8) is 0 Å². The predicted octanol–water partition coefficient (Wildman–Crippen LogP) is 4.07. The highest BCUT2D eigenvalue weighted by Crippen LogP contribution is 2.11. The fraction of sp³-hybridized carbons (Fsp3) is 0.350. The van der Waals surface area contributed by atoms with Crippen molar-refractivity contribution in [3.05, 3.63) is 70.3 Å². The summed E-state index contributed by atoms with van der Waals surface area (Å²) in [7, 11) is 0. The van der Waals surface area contributed by atoms with Crippen molar-refractivity contribution in [2.45, 2.75) is 40.2 Å². The molecule has 0 aliphatic heterocycles. The molecule has 0 unspecified atom stereocenters. The number of aryl methyl sites for hydroxylation is 3. The Balaban J connectivity index is 1.77. The Bertz CT molecular complexity index is 664. The zero-order valence-corrected chi connectivity index (χ0v) is 15.1. The highest BCUT2D eigenvalue weighted by molar-refractivity contribution is 7.80. The molecular weight excluding hydrogens is 300 g/mol. The first kappa shape index (κ1) is 17.5. The molecule has 0 aromatic heterocycles. The van der Waals surface area contributed by atoms with Gasteiger partial charge in [0, 0.05) is 13.1 Å². The summed E-state index contributed by atoms with van der Waals surface area (Å²) in [5.41, 5.74) is 6.72. The van der Waals surface area contributed by atoms with Gasteiger partial charge >= 0.3 is 0 Å². The summed E-state index contributed by atoms with van der Waals surface area (Å²) in [6.45, 7) is 8.10. The summed E-state index contributed by atoms with van der Waals surface area (Å²) in [5.74, 6) is 0. The molecule has 2 aromatic carbocycles. The molecule has 0 atom stereocenters. The molecule has 2 nitrogen and oxygen atoms in total. The van der Waals surface area contributed by atoms with Crippen LogP contribution in [-0.2, 0) is 19.4 Å². The largest absolute Gasteiger partial charge is 0.362 e. The van der Waals surface area contributed by atoms with Crippen molar-refractivity contribution in [3.8, 4) is 0 Å². The standard InChI is InChI=1S/C20H26N2S/c1-4-17-7-5-6-8-19(17)14-22-20(23)21-12-11-18-10-9-15(2)13-16(18)3/h5-10,13H,4,11-12,14H2,1-3H3,(H2,21,22,23). The van der Waals surface area contributed by atoms with Gasteiger partial charge in [-0.2, -0.15) is 0 Å². The Morgan fingerprint density at radius 3 is 2.39 bits per heavy atom. The first-order valence-corrected chi connectivity index (χ1v) is 8.65. The predicted molar refractivity (Wildman–Crippen MR) is 103 cm³/mol. The lowest BCUT2D eigenvalue weighted by atomic mass is 10.0. The molecule has 0 bridgehead atoms. The molecule has 0 saturated carbocycles. The van der Waals surface area contributed by atoms with Crippen LogP contribution in [0, 0.1) is 13.8 Å². The van der Waals surface area contributed by atoms with Crippen molar-refractivity contribution in [2.24, 2.45) is 0 Å². The summed E-state index contributed by atoms with van der Waals surface area (Å²) >= 11 is 5.38. The summed E-state index contributed by atoms with van der Waals surface area (Å²) < 4.78 is 0. The molecule has 2 aromatic rings. The number of benzene rings is 2. The van der Waals surface area contributed by atoms with Crippen molar-refractivity contribution in [2.75, 3.05) is 6.54 Å². The molecule has 0 aliphatic rings. The fourth-order valence-electron chi connectivity index (χ4n) is 2.75. The van der Waals surface area contributed by atoms with Gasteiger partial charge in [0.2, 0.25) is 0 Å². The number of rotatable bonds is 6. The van der Waals surface area contributed by atoms with E-state index in [1.807, 2.05) is 0 Å². The maximum absolute atomic E-state index is 5.38. The molecule has 122 valence electrons. The molecular formula is C20H26N2S. The van der Waals surface area contributed by atoms with Crippen LogP contribution in [0.2, 0.25) is 0 Å². The maximum Gasteiger partial charge on any atom is 0.166 e. The van der Waals surface area contributed by atoms with Gasteiger partial charge in [0.25, 0.3) is 0 Å². The molecule has 3 heteroatoms. The van der Waals surface area contributed by atoms with Gasteiger partial charge < -0.3 is 10.6 Å². The van der Waals surface area contributed by atoms with E-state index in [1.165, 1.54) is 27.8 Å². The third kappa shape index (κ3) is 5.36. The van der Waals surface area contributed by atoms with Gasteiger partial charge in [0.15, 0.2) is 5.11 Å². The average molecular weight is 327 g/mol. The molecule has 23 heavy (non-hydrogen) atoms. The van der Waals surface area contributed by atoms with E-state index in [0.717, 1.165) is 31.0 Å². The van der Waals surface area contributed by atoms with E-state index in [2.05, 4.69) is 73.9 Å². The van der Waals surface area contributed by atoms with Gasteiger partial charge in [-0.15, -0.1) is 0 Å². The van der Waals surface area contributed by atoms with E-state index < -0.39 is 0 Å². The topological polar surface area (TPSA) is 24.1 Å².